The maximum Gasteiger partial charge on any atom is 0.0708 e. The Morgan fingerprint density at radius 1 is 0.649 bits per heavy atom. The summed E-state index contributed by atoms with van der Waals surface area (Å²) in [4.78, 5) is 13.8. The number of hydrogen-bond acceptors (Lipinski definition) is 6. The fourth-order valence-corrected chi connectivity index (χ4v) is 6.92. The Bertz CT molecular complexity index is 589. The van der Waals surface area contributed by atoms with Crippen molar-refractivity contribution < 1.29 is 9.94 Å². The lowest BCUT2D eigenvalue weighted by Crippen LogP contribution is -2.50. The molecule has 0 aliphatic heterocycles. The van der Waals surface area contributed by atoms with Crippen LogP contribution in [-0.2, 0) is 4.84 Å². The number of aliphatic hydroxyl groups excluding tert-OH is 1. The first kappa shape index (κ1) is 38.2. The fourth-order valence-electron chi connectivity index (χ4n) is 4.69. The first-order chi connectivity index (χ1) is 16.8. The molecule has 0 saturated carbocycles. The van der Waals surface area contributed by atoms with Crippen LogP contribution in [0.4, 0.5) is 0 Å². The van der Waals surface area contributed by atoms with E-state index in [4.69, 9.17) is 4.84 Å². The van der Waals surface area contributed by atoms with E-state index in [0.29, 0.717) is 14.0 Å². The van der Waals surface area contributed by atoms with E-state index in [1.54, 1.807) is 0 Å². The van der Waals surface area contributed by atoms with Gasteiger partial charge < -0.3 is 5.11 Å². The molecule has 0 aliphatic rings. The smallest absolute Gasteiger partial charge is 0.0708 e. The van der Waals surface area contributed by atoms with E-state index >= 15 is 0 Å². The molecule has 224 valence electrons. The molecule has 0 spiro atoms. The largest absolute Gasteiger partial charge is 0.394 e. The van der Waals surface area contributed by atoms with Crippen molar-refractivity contribution in [2.75, 3.05) is 52.5 Å². The van der Waals surface area contributed by atoms with Gasteiger partial charge in [-0.05, 0) is 101 Å². The second-order valence-corrected chi connectivity index (χ2v) is 17.1. The van der Waals surface area contributed by atoms with E-state index in [1.807, 2.05) is 0 Å². The highest BCUT2D eigenvalue weighted by molar-refractivity contribution is 14.1. The molecule has 0 heterocycles. The molecule has 37 heavy (non-hydrogen) atoms. The molecule has 2 atom stereocenters. The van der Waals surface area contributed by atoms with Crippen molar-refractivity contribution in [1.82, 2.24) is 19.8 Å². The first-order valence-electron chi connectivity index (χ1n) is 14.4. The average Bonchev–Trinajstić information content (AvgIpc) is 2.73. The minimum Gasteiger partial charge on any atom is -0.394 e. The van der Waals surface area contributed by atoms with Gasteiger partial charge in [-0.15, -0.1) is 0 Å². The van der Waals surface area contributed by atoms with Crippen molar-refractivity contribution in [3.8, 4) is 0 Å². The summed E-state index contributed by atoms with van der Waals surface area (Å²) in [5, 5.41) is 12.3. The normalized spacial score (nSPS) is 15.6. The molecule has 8 heteroatoms. The summed E-state index contributed by atoms with van der Waals surface area (Å²) >= 11 is 5.05. The zero-order valence-corrected chi connectivity index (χ0v) is 30.7. The lowest BCUT2D eigenvalue weighted by molar-refractivity contribution is -0.169. The van der Waals surface area contributed by atoms with Gasteiger partial charge in [-0.25, -0.2) is 0 Å². The summed E-state index contributed by atoms with van der Waals surface area (Å²) in [7, 11) is 0. The number of aliphatic hydroxyl groups is 1. The molecule has 6 nitrogen and oxygen atoms in total. The predicted molar refractivity (Wildman–Crippen MR) is 179 cm³/mol. The minimum absolute atomic E-state index is 0.157. The highest BCUT2D eigenvalue weighted by Gasteiger charge is 2.28. The van der Waals surface area contributed by atoms with E-state index in [9.17, 15) is 5.11 Å². The van der Waals surface area contributed by atoms with Crippen LogP contribution in [0.25, 0.3) is 0 Å². The van der Waals surface area contributed by atoms with Crippen LogP contribution >= 0.6 is 45.2 Å². The maximum absolute atomic E-state index is 10.1. The predicted octanol–water partition coefficient (Wildman–Crippen LogP) is 6.88. The summed E-state index contributed by atoms with van der Waals surface area (Å²) in [5.74, 6) is 0.513. The lowest BCUT2D eigenvalue weighted by Gasteiger charge is -2.41. The van der Waals surface area contributed by atoms with E-state index in [1.165, 1.54) is 0 Å². The lowest BCUT2D eigenvalue weighted by atomic mass is 10.0. The van der Waals surface area contributed by atoms with E-state index in [2.05, 4.69) is 148 Å². The summed E-state index contributed by atoms with van der Waals surface area (Å²) in [6.07, 6.45) is 3.21. The molecular weight excluding hydrogens is 690 g/mol. The van der Waals surface area contributed by atoms with Gasteiger partial charge in [0.1, 0.15) is 0 Å². The Morgan fingerprint density at radius 2 is 1.03 bits per heavy atom. The van der Waals surface area contributed by atoms with Crippen molar-refractivity contribution in [2.24, 2.45) is 5.92 Å². The molecule has 0 aromatic carbocycles. The monoisotopic (exact) mass is 752 g/mol. The molecule has 0 fully saturated rings. The topological polar surface area (TPSA) is 42.4 Å². The Hall–Kier alpha value is 1.22. The van der Waals surface area contributed by atoms with E-state index in [-0.39, 0.29) is 23.2 Å². The number of nitrogens with zero attached hydrogens (tertiary/aromatic N) is 4. The SMILES string of the molecule is CC(C)CON(CCCN(C(C)I)C(C)(C)C)CCCN(CCCN(C(C)I)C(C)(C)C)C(C)(C)CO. The van der Waals surface area contributed by atoms with Gasteiger partial charge in [-0.1, -0.05) is 59.0 Å². The third-order valence-electron chi connectivity index (χ3n) is 6.88. The van der Waals surface area contributed by atoms with Crippen LogP contribution in [0.5, 0.6) is 0 Å². The van der Waals surface area contributed by atoms with Gasteiger partial charge in [0, 0.05) is 49.3 Å². The van der Waals surface area contributed by atoms with Crippen molar-refractivity contribution in [1.29, 1.82) is 0 Å². The quantitative estimate of drug-likeness (QED) is 0.0673. The van der Waals surface area contributed by atoms with Crippen LogP contribution in [-0.4, -0.2) is 102 Å². The van der Waals surface area contributed by atoms with E-state index < -0.39 is 0 Å². The Morgan fingerprint density at radius 3 is 1.35 bits per heavy atom. The highest BCUT2D eigenvalue weighted by Crippen LogP contribution is 2.23. The maximum atomic E-state index is 10.1. The van der Waals surface area contributed by atoms with Crippen LogP contribution in [0.1, 0.15) is 102 Å². The van der Waals surface area contributed by atoms with Crippen molar-refractivity contribution >= 4 is 45.2 Å². The Kier molecular flexibility index (Phi) is 18.5. The van der Waals surface area contributed by atoms with Crippen molar-refractivity contribution in [3.05, 3.63) is 0 Å². The van der Waals surface area contributed by atoms with Gasteiger partial charge in [0.15, 0.2) is 0 Å². The van der Waals surface area contributed by atoms with Crippen LogP contribution < -0.4 is 0 Å². The Balaban J connectivity index is 5.08. The van der Waals surface area contributed by atoms with Gasteiger partial charge in [-0.3, -0.25) is 19.5 Å². The summed E-state index contributed by atoms with van der Waals surface area (Å²) in [5.41, 5.74) is 0.0951. The van der Waals surface area contributed by atoms with Crippen LogP contribution in [0, 0.1) is 5.92 Å². The first-order valence-corrected chi connectivity index (χ1v) is 16.9. The number of hydrogen-bond donors (Lipinski definition) is 1. The molecule has 0 amide bonds. The van der Waals surface area contributed by atoms with Crippen LogP contribution in [0.2, 0.25) is 0 Å². The number of hydroxylamine groups is 2. The van der Waals surface area contributed by atoms with Crippen molar-refractivity contribution in [3.63, 3.8) is 0 Å². The third-order valence-corrected chi connectivity index (χ3v) is 8.23. The fraction of sp³-hybridized carbons (Fsp3) is 1.00. The molecule has 0 bridgehead atoms. The van der Waals surface area contributed by atoms with Gasteiger partial charge in [0.25, 0.3) is 0 Å². The molecule has 0 aromatic rings. The molecular formula is C29H62I2N4O2. The molecule has 2 unspecified atom stereocenters. The van der Waals surface area contributed by atoms with Gasteiger partial charge in [0.2, 0.25) is 0 Å². The molecule has 0 saturated heterocycles. The zero-order valence-electron chi connectivity index (χ0n) is 26.4. The minimum atomic E-state index is -0.226. The number of alkyl halides is 2. The van der Waals surface area contributed by atoms with Crippen LogP contribution in [0.3, 0.4) is 0 Å². The molecule has 0 rings (SSSR count). The summed E-state index contributed by atoms with van der Waals surface area (Å²) in [6, 6.07) is 0. The third kappa shape index (κ3) is 16.3. The number of halogens is 2. The second kappa shape index (κ2) is 17.9. The van der Waals surface area contributed by atoms with Gasteiger partial charge in [-0.2, -0.15) is 5.06 Å². The number of rotatable bonds is 19. The second-order valence-electron chi connectivity index (χ2n) is 13.5. The van der Waals surface area contributed by atoms with E-state index in [0.717, 1.165) is 65.1 Å². The van der Waals surface area contributed by atoms with Crippen molar-refractivity contribution in [2.45, 2.75) is 127 Å². The zero-order chi connectivity index (χ0) is 29.0. The highest BCUT2D eigenvalue weighted by atomic mass is 127. The van der Waals surface area contributed by atoms with Gasteiger partial charge in [0.05, 0.1) is 21.3 Å². The standard InChI is InChI=1S/C29H62I2N4O2/c1-24(2)22-37-33(19-15-21-35(26(4)31)28(8,9)10)18-13-16-32(29(11,12)23-36)17-14-20-34(25(3)30)27(5,6)7/h24-26,36H,13-23H2,1-12H3. The average molecular weight is 753 g/mol. The molecule has 1 N–H and O–H groups in total. The summed E-state index contributed by atoms with van der Waals surface area (Å²) in [6.45, 7) is 33.9. The van der Waals surface area contributed by atoms with Crippen LogP contribution in [0.15, 0.2) is 0 Å². The molecule has 0 radical (unpaired) electrons. The summed E-state index contributed by atoms with van der Waals surface area (Å²) < 4.78 is 0.995. The van der Waals surface area contributed by atoms with Gasteiger partial charge >= 0.3 is 0 Å². The Labute approximate surface area is 258 Å². The molecule has 0 aliphatic carbocycles. The molecule has 0 aromatic heterocycles.